The molecule has 8 heteroatoms. The third-order valence-electron chi connectivity index (χ3n) is 3.46. The zero-order chi connectivity index (χ0) is 18.5. The zero-order valence-corrected chi connectivity index (χ0v) is 13.6. The summed E-state index contributed by atoms with van der Waals surface area (Å²) in [7, 11) is 1.55. The van der Waals surface area contributed by atoms with Gasteiger partial charge in [-0.2, -0.15) is 0 Å². The first-order chi connectivity index (χ1) is 11.8. The van der Waals surface area contributed by atoms with E-state index in [1.165, 1.54) is 0 Å². The minimum absolute atomic E-state index is 0.325. The third-order valence-corrected chi connectivity index (χ3v) is 3.46. The molecule has 1 atom stereocenters. The summed E-state index contributed by atoms with van der Waals surface area (Å²) in [4.78, 5) is 11.8. The Morgan fingerprint density at radius 2 is 1.40 bits per heavy atom. The van der Waals surface area contributed by atoms with Crippen molar-refractivity contribution in [3.63, 3.8) is 0 Å². The Morgan fingerprint density at radius 1 is 0.920 bits per heavy atom. The summed E-state index contributed by atoms with van der Waals surface area (Å²) in [6.07, 6.45) is 0. The second kappa shape index (κ2) is 7.19. The topological polar surface area (TPSA) is 152 Å². The lowest BCUT2D eigenvalue weighted by molar-refractivity contribution is 0.0901. The average Bonchev–Trinajstić information content (AvgIpc) is 2.59. The first kappa shape index (κ1) is 18.2. The van der Waals surface area contributed by atoms with E-state index in [4.69, 9.17) is 32.4 Å². The average molecular weight is 341 g/mol. The van der Waals surface area contributed by atoms with Gasteiger partial charge >= 0.3 is 0 Å². The Morgan fingerprint density at radius 3 is 1.76 bits per heavy atom. The van der Waals surface area contributed by atoms with Crippen LogP contribution in [0.3, 0.4) is 0 Å². The normalized spacial score (nSPS) is 13.1. The van der Waals surface area contributed by atoms with E-state index in [0.717, 1.165) is 0 Å². The van der Waals surface area contributed by atoms with Gasteiger partial charge in [0.15, 0.2) is 0 Å². The molecule has 1 unspecified atom stereocenters. The molecule has 0 aromatic heterocycles. The molecular weight excluding hydrogens is 322 g/mol. The summed E-state index contributed by atoms with van der Waals surface area (Å²) in [5, 5.41) is 3.25. The van der Waals surface area contributed by atoms with Gasteiger partial charge in [0, 0.05) is 17.2 Å². The molecule has 0 aliphatic carbocycles. The lowest BCUT2D eigenvalue weighted by atomic mass is 9.84. The highest BCUT2D eigenvalue weighted by molar-refractivity contribution is 5.49. The van der Waals surface area contributed by atoms with E-state index >= 15 is 0 Å². The van der Waals surface area contributed by atoms with Crippen LogP contribution in [-0.4, -0.2) is 13.1 Å². The minimum Gasteiger partial charge on any atom is -0.497 e. The summed E-state index contributed by atoms with van der Waals surface area (Å²) < 4.78 is 10.3. The number of hydrogen-bond donors (Lipinski definition) is 4. The van der Waals surface area contributed by atoms with Crippen molar-refractivity contribution in [1.82, 2.24) is 0 Å². The lowest BCUT2D eigenvalue weighted by Gasteiger charge is -2.23. The number of benzene rings is 2. The molecule has 0 spiro atoms. The number of methoxy groups -OCH3 is 1. The van der Waals surface area contributed by atoms with E-state index in [0.29, 0.717) is 22.6 Å². The Labute approximate surface area is 145 Å². The monoisotopic (exact) mass is 341 g/mol. The van der Waals surface area contributed by atoms with Gasteiger partial charge in [0.05, 0.1) is 7.11 Å². The summed E-state index contributed by atoms with van der Waals surface area (Å²) in [5.74, 6) is 1.83. The zero-order valence-electron chi connectivity index (χ0n) is 13.6. The standard InChI is InChI=1S/C17H19N5O3/c1-24-14-6-2-12(3-7-14)16(22-23,10-11-18)13-4-8-15(9-5-13)25-17(19,20)21/h2-9H,18-21H2,1H3. The van der Waals surface area contributed by atoms with E-state index in [2.05, 4.69) is 17.1 Å². The highest BCUT2D eigenvalue weighted by atomic mass is 16.5. The SMILES string of the molecule is COc1ccc(C(C#CN)(N=O)c2ccc(OC(N)(N)N)cc2)cc1. The van der Waals surface area contributed by atoms with Gasteiger partial charge in [0.2, 0.25) is 5.54 Å². The molecular formula is C17H19N5O3. The maximum atomic E-state index is 11.8. The molecule has 0 aliphatic heterocycles. The number of nitrogens with two attached hydrogens (primary N) is 4. The van der Waals surface area contributed by atoms with Crippen LogP contribution in [0.15, 0.2) is 53.7 Å². The van der Waals surface area contributed by atoms with Crippen molar-refractivity contribution in [1.29, 1.82) is 0 Å². The van der Waals surface area contributed by atoms with Crippen molar-refractivity contribution in [2.45, 2.75) is 11.5 Å². The van der Waals surface area contributed by atoms with Crippen LogP contribution in [0, 0.1) is 16.9 Å². The Bertz CT molecular complexity index is 788. The minimum atomic E-state index is -1.81. The van der Waals surface area contributed by atoms with Gasteiger partial charge in [-0.15, -0.1) is 4.91 Å². The highest BCUT2D eigenvalue weighted by Crippen LogP contribution is 2.35. The fourth-order valence-electron chi connectivity index (χ4n) is 2.34. The lowest BCUT2D eigenvalue weighted by Crippen LogP contribution is -2.62. The summed E-state index contributed by atoms with van der Waals surface area (Å²) >= 11 is 0. The Balaban J connectivity index is 2.49. The van der Waals surface area contributed by atoms with Crippen LogP contribution in [0.1, 0.15) is 11.1 Å². The molecule has 0 heterocycles. The van der Waals surface area contributed by atoms with E-state index in [-0.39, 0.29) is 0 Å². The summed E-state index contributed by atoms with van der Waals surface area (Å²) in [5.41, 5.74) is 21.1. The van der Waals surface area contributed by atoms with Gasteiger partial charge < -0.3 is 15.2 Å². The fraction of sp³-hybridized carbons (Fsp3) is 0.176. The fourth-order valence-corrected chi connectivity index (χ4v) is 2.34. The van der Waals surface area contributed by atoms with Crippen LogP contribution in [0.2, 0.25) is 0 Å². The second-order valence-electron chi connectivity index (χ2n) is 5.28. The molecule has 0 saturated heterocycles. The molecule has 25 heavy (non-hydrogen) atoms. The first-order valence-electron chi connectivity index (χ1n) is 7.22. The number of nitroso groups, excluding NO2 is 1. The third kappa shape index (κ3) is 4.05. The van der Waals surface area contributed by atoms with Crippen LogP contribution in [-0.2, 0) is 5.54 Å². The maximum absolute atomic E-state index is 11.8. The molecule has 130 valence electrons. The summed E-state index contributed by atoms with van der Waals surface area (Å²) in [6, 6.07) is 15.4. The Hall–Kier alpha value is -3.12. The molecule has 0 amide bonds. The van der Waals surface area contributed by atoms with Crippen molar-refractivity contribution >= 4 is 0 Å². The predicted molar refractivity (Wildman–Crippen MR) is 93.9 cm³/mol. The van der Waals surface area contributed by atoms with Crippen molar-refractivity contribution in [2.75, 3.05) is 7.11 Å². The molecule has 0 bridgehead atoms. The molecule has 8 N–H and O–H groups in total. The number of ether oxygens (including phenoxy) is 2. The molecule has 0 aliphatic rings. The van der Waals surface area contributed by atoms with Gasteiger partial charge in [-0.25, -0.2) is 0 Å². The largest absolute Gasteiger partial charge is 0.497 e. The van der Waals surface area contributed by atoms with Gasteiger partial charge in [0.25, 0.3) is 5.97 Å². The van der Waals surface area contributed by atoms with Crippen molar-refractivity contribution in [2.24, 2.45) is 28.1 Å². The van der Waals surface area contributed by atoms with Gasteiger partial charge in [0.1, 0.15) is 11.5 Å². The van der Waals surface area contributed by atoms with Crippen LogP contribution in [0.5, 0.6) is 11.5 Å². The van der Waals surface area contributed by atoms with Crippen LogP contribution in [0.4, 0.5) is 0 Å². The molecule has 2 aromatic rings. The van der Waals surface area contributed by atoms with Crippen molar-refractivity contribution < 1.29 is 9.47 Å². The van der Waals surface area contributed by atoms with Crippen LogP contribution < -0.4 is 32.4 Å². The predicted octanol–water partition coefficient (Wildman–Crippen LogP) is 0.491. The van der Waals surface area contributed by atoms with E-state index in [1.54, 1.807) is 55.6 Å². The maximum Gasteiger partial charge on any atom is 0.271 e. The quantitative estimate of drug-likeness (QED) is 0.258. The Kier molecular flexibility index (Phi) is 5.24. The van der Waals surface area contributed by atoms with Gasteiger partial charge in [-0.3, -0.25) is 17.2 Å². The molecule has 0 fully saturated rings. The highest BCUT2D eigenvalue weighted by Gasteiger charge is 2.34. The van der Waals surface area contributed by atoms with Crippen molar-refractivity contribution in [3.8, 4) is 23.5 Å². The van der Waals surface area contributed by atoms with Crippen molar-refractivity contribution in [3.05, 3.63) is 64.6 Å². The molecule has 0 radical (unpaired) electrons. The first-order valence-corrected chi connectivity index (χ1v) is 7.22. The second-order valence-corrected chi connectivity index (χ2v) is 5.28. The van der Waals surface area contributed by atoms with Gasteiger partial charge in [-0.05, 0) is 35.4 Å². The molecule has 2 rings (SSSR count). The number of rotatable bonds is 6. The van der Waals surface area contributed by atoms with E-state index in [9.17, 15) is 4.91 Å². The van der Waals surface area contributed by atoms with Gasteiger partial charge in [-0.1, -0.05) is 24.3 Å². The van der Waals surface area contributed by atoms with E-state index < -0.39 is 11.5 Å². The van der Waals surface area contributed by atoms with Crippen LogP contribution >= 0.6 is 0 Å². The number of hydrogen-bond acceptors (Lipinski definition) is 8. The summed E-state index contributed by atoms with van der Waals surface area (Å²) in [6.45, 7) is 0. The van der Waals surface area contributed by atoms with Crippen LogP contribution in [0.25, 0.3) is 0 Å². The van der Waals surface area contributed by atoms with E-state index in [1.807, 2.05) is 0 Å². The molecule has 2 aromatic carbocycles. The number of nitrogens with zero attached hydrogens (tertiary/aromatic N) is 1. The smallest absolute Gasteiger partial charge is 0.271 e. The molecule has 0 saturated carbocycles. The molecule has 8 nitrogen and oxygen atoms in total.